The van der Waals surface area contributed by atoms with Gasteiger partial charge in [-0.3, -0.25) is 4.79 Å². The van der Waals surface area contributed by atoms with Gasteiger partial charge >= 0.3 is 0 Å². The van der Waals surface area contributed by atoms with Gasteiger partial charge in [-0.05, 0) is 25.0 Å². The van der Waals surface area contributed by atoms with E-state index < -0.39 is 16.1 Å². The molecule has 0 unspecified atom stereocenters. The molecule has 1 saturated heterocycles. The highest BCUT2D eigenvalue weighted by Crippen LogP contribution is 2.20. The van der Waals surface area contributed by atoms with Crippen LogP contribution in [0.5, 0.6) is 0 Å². The van der Waals surface area contributed by atoms with E-state index in [1.54, 1.807) is 0 Å². The van der Waals surface area contributed by atoms with E-state index in [0.717, 1.165) is 11.8 Å². The molecule has 1 aliphatic heterocycles. The number of sulfonamides is 1. The Morgan fingerprint density at radius 1 is 1.43 bits per heavy atom. The average molecular weight is 337 g/mol. The number of carbonyl (C=O) groups excluding carboxylic acids is 1. The van der Waals surface area contributed by atoms with Gasteiger partial charge in [-0.2, -0.15) is 4.31 Å². The lowest BCUT2D eigenvalue weighted by atomic mass is 10.2. The van der Waals surface area contributed by atoms with Gasteiger partial charge in [-0.25, -0.2) is 13.4 Å². The molecule has 0 radical (unpaired) electrons. The van der Waals surface area contributed by atoms with Crippen LogP contribution in [0.1, 0.15) is 18.7 Å². The second-order valence-corrected chi connectivity index (χ2v) is 7.58. The summed E-state index contributed by atoms with van der Waals surface area (Å²) >= 11 is 0. The number of rotatable bonds is 5. The van der Waals surface area contributed by atoms with Crippen LogP contribution in [0.25, 0.3) is 11.1 Å². The van der Waals surface area contributed by atoms with Crippen molar-refractivity contribution in [3.8, 4) is 0 Å². The average Bonchev–Trinajstić information content (AvgIpc) is 3.13. The molecule has 1 aromatic heterocycles. The summed E-state index contributed by atoms with van der Waals surface area (Å²) in [5, 5.41) is 2.77. The lowest BCUT2D eigenvalue weighted by Gasteiger charge is -2.21. The Kier molecular flexibility index (Phi) is 4.36. The standard InChI is InChI=1S/C15H19N3O4S/c1-23(20,21)18-10-4-6-12(18)15(19)16-9-8-14-17-11-5-2-3-7-13(11)22-14/h2-3,5,7,12H,4,6,8-10H2,1H3,(H,16,19)/t12-/m0/s1. The van der Waals surface area contributed by atoms with Crippen molar-refractivity contribution < 1.29 is 17.6 Å². The molecule has 0 bridgehead atoms. The number of fused-ring (bicyclic) bond motifs is 1. The zero-order chi connectivity index (χ0) is 16.4. The number of para-hydroxylation sites is 2. The fourth-order valence-electron chi connectivity index (χ4n) is 2.84. The lowest BCUT2D eigenvalue weighted by molar-refractivity contribution is -0.124. The Morgan fingerprint density at radius 2 is 2.22 bits per heavy atom. The SMILES string of the molecule is CS(=O)(=O)N1CCC[C@H]1C(=O)NCCc1nc2ccccc2o1. The first-order valence-corrected chi connectivity index (χ1v) is 9.39. The summed E-state index contributed by atoms with van der Waals surface area (Å²) in [5.74, 6) is 0.293. The summed E-state index contributed by atoms with van der Waals surface area (Å²) in [6.07, 6.45) is 2.86. The van der Waals surface area contributed by atoms with Gasteiger partial charge in [-0.1, -0.05) is 12.1 Å². The summed E-state index contributed by atoms with van der Waals surface area (Å²) in [7, 11) is -3.35. The van der Waals surface area contributed by atoms with Crippen molar-refractivity contribution in [1.29, 1.82) is 0 Å². The molecule has 23 heavy (non-hydrogen) atoms. The van der Waals surface area contributed by atoms with Crippen LogP contribution in [0.4, 0.5) is 0 Å². The van der Waals surface area contributed by atoms with Gasteiger partial charge in [0.2, 0.25) is 15.9 Å². The molecule has 1 N–H and O–H groups in total. The van der Waals surface area contributed by atoms with E-state index in [2.05, 4.69) is 10.3 Å². The number of amides is 1. The number of oxazole rings is 1. The number of nitrogens with one attached hydrogen (secondary N) is 1. The maximum absolute atomic E-state index is 12.2. The molecule has 3 rings (SSSR count). The summed E-state index contributed by atoms with van der Waals surface area (Å²) in [6, 6.07) is 6.86. The molecule has 1 aromatic carbocycles. The van der Waals surface area contributed by atoms with E-state index in [9.17, 15) is 13.2 Å². The molecule has 124 valence electrons. The third-order valence-corrected chi connectivity index (χ3v) is 5.20. The maximum atomic E-state index is 12.2. The van der Waals surface area contributed by atoms with E-state index in [0.29, 0.717) is 43.8 Å². The van der Waals surface area contributed by atoms with Crippen LogP contribution in [0.2, 0.25) is 0 Å². The molecule has 0 saturated carbocycles. The van der Waals surface area contributed by atoms with E-state index in [4.69, 9.17) is 4.42 Å². The topological polar surface area (TPSA) is 92.5 Å². The van der Waals surface area contributed by atoms with Crippen molar-refractivity contribution in [3.63, 3.8) is 0 Å². The van der Waals surface area contributed by atoms with Crippen LogP contribution in [0, 0.1) is 0 Å². The first kappa shape index (κ1) is 15.9. The van der Waals surface area contributed by atoms with Crippen LogP contribution in [0.15, 0.2) is 28.7 Å². The van der Waals surface area contributed by atoms with E-state index >= 15 is 0 Å². The fraction of sp³-hybridized carbons (Fsp3) is 0.467. The molecular formula is C15H19N3O4S. The summed E-state index contributed by atoms with van der Waals surface area (Å²) in [5.41, 5.74) is 1.50. The molecule has 1 amide bonds. The molecule has 2 heterocycles. The Hall–Kier alpha value is -1.93. The number of benzene rings is 1. The number of hydrogen-bond acceptors (Lipinski definition) is 5. The molecule has 1 aliphatic rings. The Balaban J connectivity index is 1.57. The summed E-state index contributed by atoms with van der Waals surface area (Å²) < 4.78 is 30.2. The minimum Gasteiger partial charge on any atom is -0.441 e. The second kappa shape index (κ2) is 6.29. The van der Waals surface area contributed by atoms with E-state index in [1.165, 1.54) is 4.31 Å². The van der Waals surface area contributed by atoms with E-state index in [1.807, 2.05) is 24.3 Å². The van der Waals surface area contributed by atoms with Gasteiger partial charge in [0.1, 0.15) is 11.6 Å². The summed E-state index contributed by atoms with van der Waals surface area (Å²) in [6.45, 7) is 0.766. The monoisotopic (exact) mass is 337 g/mol. The van der Waals surface area contributed by atoms with Crippen LogP contribution in [-0.4, -0.2) is 49.0 Å². The number of nitrogens with zero attached hydrogens (tertiary/aromatic N) is 2. The van der Waals surface area contributed by atoms with Gasteiger partial charge in [0, 0.05) is 19.5 Å². The van der Waals surface area contributed by atoms with Crippen LogP contribution in [-0.2, 0) is 21.2 Å². The maximum Gasteiger partial charge on any atom is 0.238 e. The van der Waals surface area contributed by atoms with Crippen molar-refractivity contribution in [2.45, 2.75) is 25.3 Å². The van der Waals surface area contributed by atoms with Gasteiger partial charge in [-0.15, -0.1) is 0 Å². The Bertz CT molecular complexity index is 782. The molecule has 1 fully saturated rings. The quantitative estimate of drug-likeness (QED) is 0.875. The molecule has 1 atom stereocenters. The number of carbonyl (C=O) groups is 1. The van der Waals surface area contributed by atoms with Crippen molar-refractivity contribution in [2.24, 2.45) is 0 Å². The minimum atomic E-state index is -3.35. The molecule has 0 aliphatic carbocycles. The predicted octanol–water partition coefficient (Wildman–Crippen LogP) is 0.911. The van der Waals surface area contributed by atoms with Crippen molar-refractivity contribution >= 4 is 27.0 Å². The first-order chi connectivity index (χ1) is 10.9. The van der Waals surface area contributed by atoms with Crippen molar-refractivity contribution in [2.75, 3.05) is 19.3 Å². The van der Waals surface area contributed by atoms with Gasteiger partial charge < -0.3 is 9.73 Å². The smallest absolute Gasteiger partial charge is 0.238 e. The largest absolute Gasteiger partial charge is 0.441 e. The van der Waals surface area contributed by atoms with Crippen LogP contribution >= 0.6 is 0 Å². The number of aromatic nitrogens is 1. The van der Waals surface area contributed by atoms with Gasteiger partial charge in [0.15, 0.2) is 11.5 Å². The van der Waals surface area contributed by atoms with Gasteiger partial charge in [0.25, 0.3) is 0 Å². The second-order valence-electron chi connectivity index (χ2n) is 5.65. The summed E-state index contributed by atoms with van der Waals surface area (Å²) in [4.78, 5) is 16.5. The Labute approximate surface area is 134 Å². The van der Waals surface area contributed by atoms with Crippen LogP contribution in [0.3, 0.4) is 0 Å². The van der Waals surface area contributed by atoms with E-state index in [-0.39, 0.29) is 5.91 Å². The zero-order valence-electron chi connectivity index (χ0n) is 12.9. The predicted molar refractivity (Wildman–Crippen MR) is 85.3 cm³/mol. The van der Waals surface area contributed by atoms with Gasteiger partial charge in [0.05, 0.1) is 6.26 Å². The lowest BCUT2D eigenvalue weighted by Crippen LogP contribution is -2.45. The molecule has 2 aromatic rings. The molecular weight excluding hydrogens is 318 g/mol. The van der Waals surface area contributed by atoms with Crippen molar-refractivity contribution in [1.82, 2.24) is 14.6 Å². The number of hydrogen-bond donors (Lipinski definition) is 1. The third kappa shape index (κ3) is 3.53. The highest BCUT2D eigenvalue weighted by molar-refractivity contribution is 7.88. The fourth-order valence-corrected chi connectivity index (χ4v) is 3.96. The zero-order valence-corrected chi connectivity index (χ0v) is 13.7. The highest BCUT2D eigenvalue weighted by atomic mass is 32.2. The normalized spacial score (nSPS) is 19.3. The molecule has 7 nitrogen and oxygen atoms in total. The minimum absolute atomic E-state index is 0.260. The Morgan fingerprint density at radius 3 is 2.96 bits per heavy atom. The van der Waals surface area contributed by atoms with Crippen LogP contribution < -0.4 is 5.32 Å². The molecule has 0 spiro atoms. The molecule has 8 heteroatoms. The first-order valence-electron chi connectivity index (χ1n) is 7.54. The third-order valence-electron chi connectivity index (χ3n) is 3.91. The van der Waals surface area contributed by atoms with Crippen molar-refractivity contribution in [3.05, 3.63) is 30.2 Å². The highest BCUT2D eigenvalue weighted by Gasteiger charge is 2.36.